The molecule has 0 bridgehead atoms. The van der Waals surface area contributed by atoms with Gasteiger partial charge in [-0.1, -0.05) is 18.2 Å². The molecule has 0 aliphatic carbocycles. The van der Waals surface area contributed by atoms with Gasteiger partial charge in [0.15, 0.2) is 0 Å². The first-order valence-electron chi connectivity index (χ1n) is 5.32. The third kappa shape index (κ3) is 2.86. The molecule has 0 fully saturated rings. The Kier molecular flexibility index (Phi) is 3.42. The largest absolute Gasteiger partial charge is 0.507 e. The van der Waals surface area contributed by atoms with Crippen molar-refractivity contribution in [2.45, 2.75) is 0 Å². The number of aromatic hydroxyl groups is 1. The number of nitro groups is 1. The number of non-ortho nitro benzene ring substituents is 1. The number of ether oxygens (including phenoxy) is 1. The van der Waals surface area contributed by atoms with Crippen LogP contribution in [0.5, 0.6) is 11.5 Å². The lowest BCUT2D eigenvalue weighted by Crippen LogP contribution is -2.08. The first-order valence-corrected chi connectivity index (χ1v) is 5.32. The summed E-state index contributed by atoms with van der Waals surface area (Å²) in [6.45, 7) is 0. The second-order valence-electron chi connectivity index (χ2n) is 3.66. The highest BCUT2D eigenvalue weighted by Crippen LogP contribution is 2.22. The molecule has 2 rings (SSSR count). The van der Waals surface area contributed by atoms with Crippen molar-refractivity contribution >= 4 is 11.7 Å². The van der Waals surface area contributed by atoms with Crippen LogP contribution in [0.15, 0.2) is 48.5 Å². The molecule has 6 heteroatoms. The standard InChI is InChI=1S/C13H9NO5/c15-12-7-2-1-6-11(12)13(16)19-10-5-3-4-9(8-10)14(17)18/h1-8,15H. The lowest BCUT2D eigenvalue weighted by molar-refractivity contribution is -0.384. The number of nitro benzene ring substituents is 1. The zero-order chi connectivity index (χ0) is 13.8. The summed E-state index contributed by atoms with van der Waals surface area (Å²) in [7, 11) is 0. The molecule has 0 unspecified atom stereocenters. The lowest BCUT2D eigenvalue weighted by atomic mass is 10.2. The van der Waals surface area contributed by atoms with Gasteiger partial charge in [-0.15, -0.1) is 0 Å². The van der Waals surface area contributed by atoms with Crippen molar-refractivity contribution in [2.24, 2.45) is 0 Å². The number of benzene rings is 2. The van der Waals surface area contributed by atoms with Crippen molar-refractivity contribution in [3.05, 3.63) is 64.2 Å². The van der Waals surface area contributed by atoms with Gasteiger partial charge in [-0.3, -0.25) is 10.1 Å². The van der Waals surface area contributed by atoms with Crippen LogP contribution >= 0.6 is 0 Å². The van der Waals surface area contributed by atoms with E-state index in [0.717, 1.165) is 6.07 Å². The van der Waals surface area contributed by atoms with Crippen LogP contribution < -0.4 is 4.74 Å². The average Bonchev–Trinajstić information content (AvgIpc) is 2.39. The number of rotatable bonds is 3. The highest BCUT2D eigenvalue weighted by atomic mass is 16.6. The Hall–Kier alpha value is -2.89. The molecule has 0 radical (unpaired) electrons. The van der Waals surface area contributed by atoms with E-state index < -0.39 is 10.9 Å². The number of hydrogen-bond acceptors (Lipinski definition) is 5. The van der Waals surface area contributed by atoms with Gasteiger partial charge in [0.25, 0.3) is 5.69 Å². The zero-order valence-electron chi connectivity index (χ0n) is 9.65. The molecule has 0 atom stereocenters. The van der Waals surface area contributed by atoms with E-state index in [0.29, 0.717) is 0 Å². The van der Waals surface area contributed by atoms with E-state index in [1.165, 1.54) is 30.3 Å². The van der Waals surface area contributed by atoms with E-state index in [4.69, 9.17) is 4.74 Å². The van der Waals surface area contributed by atoms with Crippen LogP contribution in [0.1, 0.15) is 10.4 Å². The number of para-hydroxylation sites is 1. The summed E-state index contributed by atoms with van der Waals surface area (Å²) in [5, 5.41) is 20.1. The van der Waals surface area contributed by atoms with Gasteiger partial charge in [0, 0.05) is 6.07 Å². The van der Waals surface area contributed by atoms with Gasteiger partial charge in [0.05, 0.1) is 11.0 Å². The lowest BCUT2D eigenvalue weighted by Gasteiger charge is -2.05. The molecular formula is C13H9NO5. The van der Waals surface area contributed by atoms with Gasteiger partial charge in [-0.05, 0) is 18.2 Å². The SMILES string of the molecule is O=C(Oc1cccc([N+](=O)[O-])c1)c1ccccc1O. The fourth-order valence-corrected chi connectivity index (χ4v) is 1.47. The average molecular weight is 259 g/mol. The van der Waals surface area contributed by atoms with Crippen molar-refractivity contribution in [2.75, 3.05) is 0 Å². The predicted octanol–water partition coefficient (Wildman–Crippen LogP) is 2.52. The van der Waals surface area contributed by atoms with E-state index in [-0.39, 0.29) is 22.7 Å². The third-order valence-electron chi connectivity index (χ3n) is 2.36. The molecule has 0 spiro atoms. The van der Waals surface area contributed by atoms with Crippen molar-refractivity contribution in [3.63, 3.8) is 0 Å². The monoisotopic (exact) mass is 259 g/mol. The van der Waals surface area contributed by atoms with E-state index in [9.17, 15) is 20.0 Å². The highest BCUT2D eigenvalue weighted by molar-refractivity contribution is 5.93. The number of nitrogens with zero attached hydrogens (tertiary/aromatic N) is 1. The minimum Gasteiger partial charge on any atom is -0.507 e. The van der Waals surface area contributed by atoms with Crippen LogP contribution in [0.25, 0.3) is 0 Å². The predicted molar refractivity (Wildman–Crippen MR) is 66.2 cm³/mol. The molecule has 0 saturated heterocycles. The Morgan fingerprint density at radius 3 is 2.58 bits per heavy atom. The van der Waals surface area contributed by atoms with Gasteiger partial charge in [-0.25, -0.2) is 4.79 Å². The summed E-state index contributed by atoms with van der Waals surface area (Å²) in [6.07, 6.45) is 0. The molecule has 6 nitrogen and oxygen atoms in total. The molecular weight excluding hydrogens is 250 g/mol. The number of carbonyl (C=O) groups excluding carboxylic acids is 1. The highest BCUT2D eigenvalue weighted by Gasteiger charge is 2.14. The maximum atomic E-state index is 11.8. The number of carbonyl (C=O) groups is 1. The zero-order valence-corrected chi connectivity index (χ0v) is 9.65. The summed E-state index contributed by atoms with van der Waals surface area (Å²) in [5.41, 5.74) is -0.184. The van der Waals surface area contributed by atoms with Crippen molar-refractivity contribution in [1.82, 2.24) is 0 Å². The molecule has 2 aromatic carbocycles. The number of phenolic OH excluding ortho intramolecular Hbond substituents is 1. The molecule has 19 heavy (non-hydrogen) atoms. The van der Waals surface area contributed by atoms with Crippen molar-refractivity contribution in [3.8, 4) is 11.5 Å². The normalized spacial score (nSPS) is 9.89. The maximum Gasteiger partial charge on any atom is 0.347 e. The molecule has 0 aliphatic rings. The summed E-state index contributed by atoms with van der Waals surface area (Å²) in [4.78, 5) is 21.8. The summed E-state index contributed by atoms with van der Waals surface area (Å²) >= 11 is 0. The summed E-state index contributed by atoms with van der Waals surface area (Å²) < 4.78 is 4.97. The van der Waals surface area contributed by atoms with Gasteiger partial charge < -0.3 is 9.84 Å². The second-order valence-corrected chi connectivity index (χ2v) is 3.66. The van der Waals surface area contributed by atoms with Crippen LogP contribution in [0.2, 0.25) is 0 Å². The molecule has 1 N–H and O–H groups in total. The molecule has 0 aliphatic heterocycles. The van der Waals surface area contributed by atoms with E-state index in [1.54, 1.807) is 12.1 Å². The molecule has 0 saturated carbocycles. The molecule has 0 aromatic heterocycles. The van der Waals surface area contributed by atoms with E-state index >= 15 is 0 Å². The van der Waals surface area contributed by atoms with Crippen molar-refractivity contribution < 1.29 is 19.6 Å². The fraction of sp³-hybridized carbons (Fsp3) is 0. The fourth-order valence-electron chi connectivity index (χ4n) is 1.47. The topological polar surface area (TPSA) is 89.7 Å². The summed E-state index contributed by atoms with van der Waals surface area (Å²) in [5.74, 6) is -0.945. The van der Waals surface area contributed by atoms with Crippen LogP contribution in [0.4, 0.5) is 5.69 Å². The molecule has 2 aromatic rings. The quantitative estimate of drug-likeness (QED) is 0.396. The van der Waals surface area contributed by atoms with Gasteiger partial charge in [0.2, 0.25) is 0 Å². The third-order valence-corrected chi connectivity index (χ3v) is 2.36. The summed E-state index contributed by atoms with van der Waals surface area (Å²) in [6, 6.07) is 11.1. The molecule has 0 amide bonds. The number of hydrogen-bond donors (Lipinski definition) is 1. The molecule has 0 heterocycles. The van der Waals surface area contributed by atoms with Crippen LogP contribution in [0.3, 0.4) is 0 Å². The van der Waals surface area contributed by atoms with Gasteiger partial charge in [-0.2, -0.15) is 0 Å². The van der Waals surface area contributed by atoms with Gasteiger partial charge >= 0.3 is 5.97 Å². The van der Waals surface area contributed by atoms with E-state index in [1.807, 2.05) is 0 Å². The molecule has 96 valence electrons. The first-order chi connectivity index (χ1) is 9.08. The van der Waals surface area contributed by atoms with Crippen molar-refractivity contribution in [1.29, 1.82) is 0 Å². The van der Waals surface area contributed by atoms with Crippen LogP contribution in [-0.4, -0.2) is 16.0 Å². The minimum absolute atomic E-state index is 0.00555. The van der Waals surface area contributed by atoms with Crippen LogP contribution in [-0.2, 0) is 0 Å². The van der Waals surface area contributed by atoms with E-state index in [2.05, 4.69) is 0 Å². The van der Waals surface area contributed by atoms with Gasteiger partial charge in [0.1, 0.15) is 17.1 Å². The Morgan fingerprint density at radius 2 is 1.89 bits per heavy atom. The Balaban J connectivity index is 2.22. The number of phenols is 1. The Labute approximate surface area is 108 Å². The Bertz CT molecular complexity index is 638. The minimum atomic E-state index is -0.779. The Morgan fingerprint density at radius 1 is 1.16 bits per heavy atom. The second kappa shape index (κ2) is 5.18. The smallest absolute Gasteiger partial charge is 0.347 e. The number of esters is 1. The van der Waals surface area contributed by atoms with Crippen LogP contribution in [0, 0.1) is 10.1 Å². The first kappa shape index (κ1) is 12.6. The maximum absolute atomic E-state index is 11.8.